The molecule has 1 amide bonds. The number of amides is 1. The fourth-order valence-electron chi connectivity index (χ4n) is 2.86. The van der Waals surface area contributed by atoms with Crippen LogP contribution in [0.25, 0.3) is 0 Å². The molecule has 1 heterocycles. The molecule has 1 N–H and O–H groups in total. The van der Waals surface area contributed by atoms with Gasteiger partial charge in [0, 0.05) is 19.5 Å². The van der Waals surface area contributed by atoms with E-state index >= 15 is 0 Å². The molecule has 1 aromatic carbocycles. The SMILES string of the molecule is CC(CC(=O)N1CCC(C)(C(=O)O)C1)c1ccc(C(F)(F)F)cc1. The number of likely N-dealkylation sites (tertiary alicyclic amines) is 1. The van der Waals surface area contributed by atoms with Crippen molar-refractivity contribution in [3.05, 3.63) is 35.4 Å². The number of carboxylic acid groups (broad SMARTS) is 1. The highest BCUT2D eigenvalue weighted by atomic mass is 19.4. The lowest BCUT2D eigenvalue weighted by Crippen LogP contribution is -2.35. The van der Waals surface area contributed by atoms with Gasteiger partial charge < -0.3 is 10.0 Å². The topological polar surface area (TPSA) is 57.6 Å². The lowest BCUT2D eigenvalue weighted by Gasteiger charge is -2.22. The zero-order valence-electron chi connectivity index (χ0n) is 13.6. The lowest BCUT2D eigenvalue weighted by atomic mass is 9.90. The van der Waals surface area contributed by atoms with Crippen molar-refractivity contribution in [2.75, 3.05) is 13.1 Å². The zero-order chi connectivity index (χ0) is 18.1. The summed E-state index contributed by atoms with van der Waals surface area (Å²) in [5, 5.41) is 9.19. The normalized spacial score (nSPS) is 22.5. The second-order valence-electron chi connectivity index (χ2n) is 6.66. The van der Waals surface area contributed by atoms with Crippen molar-refractivity contribution < 1.29 is 27.9 Å². The lowest BCUT2D eigenvalue weighted by molar-refractivity contribution is -0.147. The summed E-state index contributed by atoms with van der Waals surface area (Å²) in [4.78, 5) is 25.1. The molecule has 0 radical (unpaired) electrons. The van der Waals surface area contributed by atoms with E-state index in [4.69, 9.17) is 0 Å². The second kappa shape index (κ2) is 6.45. The highest BCUT2D eigenvalue weighted by Gasteiger charge is 2.42. The highest BCUT2D eigenvalue weighted by Crippen LogP contribution is 2.33. The number of alkyl halides is 3. The predicted molar refractivity (Wildman–Crippen MR) is 81.4 cm³/mol. The number of carbonyl (C=O) groups excluding carboxylic acids is 1. The molecule has 1 fully saturated rings. The van der Waals surface area contributed by atoms with Crippen molar-refractivity contribution in [3.63, 3.8) is 0 Å². The van der Waals surface area contributed by atoms with Gasteiger partial charge in [-0.3, -0.25) is 9.59 Å². The molecule has 1 aliphatic rings. The first-order valence-corrected chi connectivity index (χ1v) is 7.71. The van der Waals surface area contributed by atoms with E-state index in [1.807, 2.05) is 0 Å². The van der Waals surface area contributed by atoms with Crippen LogP contribution in [0, 0.1) is 5.41 Å². The van der Waals surface area contributed by atoms with Gasteiger partial charge in [-0.1, -0.05) is 19.1 Å². The summed E-state index contributed by atoms with van der Waals surface area (Å²) >= 11 is 0. The van der Waals surface area contributed by atoms with Crippen LogP contribution >= 0.6 is 0 Å². The molecule has 1 aliphatic heterocycles. The standard InChI is InChI=1S/C17H20F3NO3/c1-11(12-3-5-13(6-4-12)17(18,19)20)9-14(22)21-8-7-16(2,10-21)15(23)24/h3-6,11H,7-10H2,1-2H3,(H,23,24). The van der Waals surface area contributed by atoms with Crippen LogP contribution in [0.2, 0.25) is 0 Å². The van der Waals surface area contributed by atoms with Crippen LogP contribution in [-0.2, 0) is 15.8 Å². The largest absolute Gasteiger partial charge is 0.481 e. The van der Waals surface area contributed by atoms with E-state index in [-0.39, 0.29) is 24.8 Å². The predicted octanol–water partition coefficient (Wildman–Crippen LogP) is 3.52. The zero-order valence-corrected chi connectivity index (χ0v) is 13.6. The van der Waals surface area contributed by atoms with Gasteiger partial charge in [-0.15, -0.1) is 0 Å². The Hall–Kier alpha value is -2.05. The summed E-state index contributed by atoms with van der Waals surface area (Å²) in [5.41, 5.74) is -0.995. The van der Waals surface area contributed by atoms with Gasteiger partial charge >= 0.3 is 12.1 Å². The van der Waals surface area contributed by atoms with Crippen LogP contribution < -0.4 is 0 Å². The molecule has 132 valence electrons. The molecule has 2 rings (SSSR count). The smallest absolute Gasteiger partial charge is 0.416 e. The Kier molecular flexibility index (Phi) is 4.92. The average Bonchev–Trinajstić information content (AvgIpc) is 2.90. The molecule has 0 bridgehead atoms. The van der Waals surface area contributed by atoms with Crippen molar-refractivity contribution in [2.24, 2.45) is 5.41 Å². The Labute approximate surface area is 138 Å². The van der Waals surface area contributed by atoms with E-state index in [0.29, 0.717) is 18.5 Å². The second-order valence-corrected chi connectivity index (χ2v) is 6.66. The van der Waals surface area contributed by atoms with Gasteiger partial charge in [-0.25, -0.2) is 0 Å². The summed E-state index contributed by atoms with van der Waals surface area (Å²) in [5.74, 6) is -1.34. The van der Waals surface area contributed by atoms with E-state index in [2.05, 4.69) is 0 Å². The monoisotopic (exact) mass is 343 g/mol. The quantitative estimate of drug-likeness (QED) is 0.910. The molecule has 0 saturated carbocycles. The van der Waals surface area contributed by atoms with Crippen LogP contribution in [0.4, 0.5) is 13.2 Å². The van der Waals surface area contributed by atoms with Crippen LogP contribution in [0.5, 0.6) is 0 Å². The molecule has 0 spiro atoms. The van der Waals surface area contributed by atoms with Gasteiger partial charge in [0.2, 0.25) is 5.91 Å². The maximum Gasteiger partial charge on any atom is 0.416 e. The number of rotatable bonds is 4. The third-order valence-electron chi connectivity index (χ3n) is 4.63. The van der Waals surface area contributed by atoms with E-state index in [1.54, 1.807) is 13.8 Å². The molecule has 1 aromatic rings. The maximum atomic E-state index is 12.6. The van der Waals surface area contributed by atoms with Crippen LogP contribution in [0.15, 0.2) is 24.3 Å². The first kappa shape index (κ1) is 18.3. The minimum absolute atomic E-state index is 0.140. The fourth-order valence-corrected chi connectivity index (χ4v) is 2.86. The van der Waals surface area contributed by atoms with Crippen molar-refractivity contribution in [2.45, 2.75) is 38.8 Å². The number of benzene rings is 1. The van der Waals surface area contributed by atoms with Crippen molar-refractivity contribution in [1.29, 1.82) is 0 Å². The van der Waals surface area contributed by atoms with E-state index in [1.165, 1.54) is 17.0 Å². The van der Waals surface area contributed by atoms with Crippen molar-refractivity contribution >= 4 is 11.9 Å². The molecule has 4 nitrogen and oxygen atoms in total. The van der Waals surface area contributed by atoms with E-state index < -0.39 is 23.1 Å². The average molecular weight is 343 g/mol. The Morgan fingerprint density at radius 2 is 1.88 bits per heavy atom. The molecular formula is C17H20F3NO3. The van der Waals surface area contributed by atoms with Gasteiger partial charge in [-0.2, -0.15) is 13.2 Å². The number of nitrogens with zero attached hydrogens (tertiary/aromatic N) is 1. The third-order valence-corrected chi connectivity index (χ3v) is 4.63. The Morgan fingerprint density at radius 3 is 2.33 bits per heavy atom. The number of carbonyl (C=O) groups is 2. The number of aliphatic carboxylic acids is 1. The van der Waals surface area contributed by atoms with Crippen LogP contribution in [0.1, 0.15) is 43.7 Å². The van der Waals surface area contributed by atoms with Gasteiger partial charge in [0.05, 0.1) is 11.0 Å². The molecule has 7 heteroatoms. The van der Waals surface area contributed by atoms with Gasteiger partial charge in [0.25, 0.3) is 0 Å². The van der Waals surface area contributed by atoms with Crippen molar-refractivity contribution in [3.8, 4) is 0 Å². The first-order valence-electron chi connectivity index (χ1n) is 7.71. The molecule has 2 atom stereocenters. The maximum absolute atomic E-state index is 12.6. The Bertz CT molecular complexity index is 627. The summed E-state index contributed by atoms with van der Waals surface area (Å²) in [7, 11) is 0. The molecule has 0 aliphatic carbocycles. The molecular weight excluding hydrogens is 323 g/mol. The van der Waals surface area contributed by atoms with Crippen molar-refractivity contribution in [1.82, 2.24) is 4.90 Å². The molecule has 0 aromatic heterocycles. The fraction of sp³-hybridized carbons (Fsp3) is 0.529. The van der Waals surface area contributed by atoms with E-state index in [9.17, 15) is 27.9 Å². The van der Waals surface area contributed by atoms with Crippen LogP contribution in [-0.4, -0.2) is 35.0 Å². The summed E-state index contributed by atoms with van der Waals surface area (Å²) in [6.45, 7) is 3.94. The van der Waals surface area contributed by atoms with Crippen LogP contribution in [0.3, 0.4) is 0 Å². The van der Waals surface area contributed by atoms with Gasteiger partial charge in [0.15, 0.2) is 0 Å². The Balaban J connectivity index is 1.98. The highest BCUT2D eigenvalue weighted by molar-refractivity contribution is 5.81. The number of carboxylic acids is 1. The minimum Gasteiger partial charge on any atom is -0.481 e. The third kappa shape index (κ3) is 3.88. The number of hydrogen-bond donors (Lipinski definition) is 1. The summed E-state index contributed by atoms with van der Waals surface area (Å²) < 4.78 is 37.7. The summed E-state index contributed by atoms with van der Waals surface area (Å²) in [6.07, 6.45) is -3.84. The Morgan fingerprint density at radius 1 is 1.29 bits per heavy atom. The molecule has 1 saturated heterocycles. The number of halogens is 3. The minimum atomic E-state index is -4.38. The first-order chi connectivity index (χ1) is 11.0. The summed E-state index contributed by atoms with van der Waals surface area (Å²) in [6, 6.07) is 4.78. The van der Waals surface area contributed by atoms with Gasteiger partial charge in [-0.05, 0) is 37.0 Å². The molecule has 24 heavy (non-hydrogen) atoms. The number of hydrogen-bond acceptors (Lipinski definition) is 2. The van der Waals surface area contributed by atoms with E-state index in [0.717, 1.165) is 12.1 Å². The molecule has 2 unspecified atom stereocenters. The van der Waals surface area contributed by atoms with Gasteiger partial charge in [0.1, 0.15) is 0 Å².